The van der Waals surface area contributed by atoms with Gasteiger partial charge in [-0.25, -0.2) is 4.39 Å². The van der Waals surface area contributed by atoms with Gasteiger partial charge in [-0.15, -0.1) is 0 Å². The summed E-state index contributed by atoms with van der Waals surface area (Å²) in [4.78, 5) is 10.6. The molecule has 84 valence electrons. The first-order valence-corrected chi connectivity index (χ1v) is 4.89. The van der Waals surface area contributed by atoms with Crippen LogP contribution in [0.5, 0.6) is 0 Å². The van der Waals surface area contributed by atoms with E-state index in [-0.39, 0.29) is 6.54 Å². The van der Waals surface area contributed by atoms with Crippen LogP contribution in [0.2, 0.25) is 0 Å². The molecule has 17 heavy (non-hydrogen) atoms. The molecule has 4 nitrogen and oxygen atoms in total. The van der Waals surface area contributed by atoms with Crippen LogP contribution in [0, 0.1) is 17.1 Å². The Labute approximate surface area is 96.9 Å². The smallest absolute Gasteiger partial charge is 0.150 e. The number of carbonyl (C=O) groups excluding carboxylic acids is 1. The first-order valence-electron chi connectivity index (χ1n) is 4.89. The van der Waals surface area contributed by atoms with E-state index in [1.807, 2.05) is 6.07 Å². The number of benzene rings is 1. The highest BCUT2D eigenvalue weighted by Crippen LogP contribution is 2.23. The fourth-order valence-corrected chi connectivity index (χ4v) is 1.50. The first kappa shape index (κ1) is 11.0. The summed E-state index contributed by atoms with van der Waals surface area (Å²) < 4.78 is 15.0. The molecule has 1 heterocycles. The van der Waals surface area contributed by atoms with Crippen LogP contribution in [-0.4, -0.2) is 16.1 Å². The molecule has 5 heteroatoms. The van der Waals surface area contributed by atoms with Gasteiger partial charge < -0.3 is 0 Å². The Morgan fingerprint density at radius 3 is 3.06 bits per heavy atom. The molecule has 1 aromatic heterocycles. The Balaban J connectivity index is 2.44. The normalized spacial score (nSPS) is 9.88. The third-order valence-corrected chi connectivity index (χ3v) is 2.30. The van der Waals surface area contributed by atoms with Crippen LogP contribution in [-0.2, 0) is 6.54 Å². The molecule has 0 aliphatic rings. The standard InChI is InChI=1S/C12H8FN3O/c13-12-2-1-9(8-17)5-11(12)10-6-15-16(7-10)4-3-14/h1-2,5-8H,4H2. The van der Waals surface area contributed by atoms with Crippen molar-refractivity contribution in [2.24, 2.45) is 0 Å². The van der Waals surface area contributed by atoms with E-state index in [2.05, 4.69) is 5.10 Å². The van der Waals surface area contributed by atoms with Gasteiger partial charge in [0.2, 0.25) is 0 Å². The van der Waals surface area contributed by atoms with E-state index in [1.54, 1.807) is 6.20 Å². The summed E-state index contributed by atoms with van der Waals surface area (Å²) in [5.74, 6) is -0.424. The molecule has 0 N–H and O–H groups in total. The largest absolute Gasteiger partial charge is 0.298 e. The van der Waals surface area contributed by atoms with Crippen molar-refractivity contribution in [3.8, 4) is 17.2 Å². The Bertz CT molecular complexity index is 598. The zero-order valence-electron chi connectivity index (χ0n) is 8.80. The summed E-state index contributed by atoms with van der Waals surface area (Å²) in [5, 5.41) is 12.4. The Hall–Kier alpha value is -2.48. The molecule has 0 amide bonds. The average Bonchev–Trinajstić information content (AvgIpc) is 2.79. The highest BCUT2D eigenvalue weighted by molar-refractivity contribution is 5.78. The molecular weight excluding hydrogens is 221 g/mol. The number of nitriles is 1. The van der Waals surface area contributed by atoms with Crippen LogP contribution in [0.3, 0.4) is 0 Å². The van der Waals surface area contributed by atoms with Gasteiger partial charge in [0.15, 0.2) is 0 Å². The van der Waals surface area contributed by atoms with Gasteiger partial charge >= 0.3 is 0 Å². The summed E-state index contributed by atoms with van der Waals surface area (Å²) in [7, 11) is 0. The van der Waals surface area contributed by atoms with E-state index in [0.29, 0.717) is 23.0 Å². The molecule has 0 unspecified atom stereocenters. The van der Waals surface area contributed by atoms with Crippen molar-refractivity contribution in [3.63, 3.8) is 0 Å². The van der Waals surface area contributed by atoms with E-state index in [4.69, 9.17) is 5.26 Å². The minimum absolute atomic E-state index is 0.106. The predicted octanol–water partition coefficient (Wildman–Crippen LogP) is 2.03. The molecule has 0 atom stereocenters. The van der Waals surface area contributed by atoms with E-state index in [0.717, 1.165) is 0 Å². The van der Waals surface area contributed by atoms with Crippen molar-refractivity contribution in [3.05, 3.63) is 42.0 Å². The molecule has 2 rings (SSSR count). The third kappa shape index (κ3) is 2.21. The summed E-state index contributed by atoms with van der Waals surface area (Å²) in [5.41, 5.74) is 1.25. The molecule has 0 aliphatic heterocycles. The lowest BCUT2D eigenvalue weighted by Crippen LogP contribution is -1.94. The number of hydrogen-bond acceptors (Lipinski definition) is 3. The summed E-state index contributed by atoms with van der Waals surface area (Å²) >= 11 is 0. The van der Waals surface area contributed by atoms with Gasteiger partial charge in [0.25, 0.3) is 0 Å². The summed E-state index contributed by atoms with van der Waals surface area (Å²) in [6, 6.07) is 6.04. The van der Waals surface area contributed by atoms with E-state index in [9.17, 15) is 9.18 Å². The van der Waals surface area contributed by atoms with Crippen molar-refractivity contribution in [1.82, 2.24) is 9.78 Å². The quantitative estimate of drug-likeness (QED) is 0.756. The van der Waals surface area contributed by atoms with Crippen LogP contribution in [0.15, 0.2) is 30.6 Å². The second kappa shape index (κ2) is 4.58. The van der Waals surface area contributed by atoms with E-state index in [1.165, 1.54) is 29.1 Å². The SMILES string of the molecule is N#CCn1cc(-c2cc(C=O)ccc2F)cn1. The number of aldehydes is 1. The van der Waals surface area contributed by atoms with Crippen LogP contribution < -0.4 is 0 Å². The van der Waals surface area contributed by atoms with Crippen molar-refractivity contribution in [2.75, 3.05) is 0 Å². The molecule has 0 aliphatic carbocycles. The molecule has 0 saturated carbocycles. The molecule has 0 spiro atoms. The molecule has 0 bridgehead atoms. The van der Waals surface area contributed by atoms with Gasteiger partial charge in [0.1, 0.15) is 18.6 Å². The van der Waals surface area contributed by atoms with Gasteiger partial charge in [-0.1, -0.05) is 0 Å². The zero-order chi connectivity index (χ0) is 12.3. The fraction of sp³-hybridized carbons (Fsp3) is 0.0833. The van der Waals surface area contributed by atoms with Crippen molar-refractivity contribution in [2.45, 2.75) is 6.54 Å². The molecule has 1 aromatic carbocycles. The number of aromatic nitrogens is 2. The highest BCUT2D eigenvalue weighted by Gasteiger charge is 2.08. The average molecular weight is 229 g/mol. The van der Waals surface area contributed by atoms with Gasteiger partial charge in [-0.05, 0) is 18.2 Å². The van der Waals surface area contributed by atoms with Crippen LogP contribution in [0.1, 0.15) is 10.4 Å². The number of nitrogens with zero attached hydrogens (tertiary/aromatic N) is 3. The molecule has 2 aromatic rings. The van der Waals surface area contributed by atoms with E-state index < -0.39 is 5.82 Å². The molecular formula is C12H8FN3O. The maximum atomic E-state index is 13.6. The second-order valence-corrected chi connectivity index (χ2v) is 3.44. The van der Waals surface area contributed by atoms with Gasteiger partial charge in [0, 0.05) is 22.9 Å². The number of halogens is 1. The van der Waals surface area contributed by atoms with Crippen molar-refractivity contribution in [1.29, 1.82) is 5.26 Å². The van der Waals surface area contributed by atoms with Crippen molar-refractivity contribution >= 4 is 6.29 Å². The Morgan fingerprint density at radius 2 is 2.35 bits per heavy atom. The van der Waals surface area contributed by atoms with Crippen LogP contribution >= 0.6 is 0 Å². The number of hydrogen-bond donors (Lipinski definition) is 0. The minimum atomic E-state index is -0.424. The monoisotopic (exact) mass is 229 g/mol. The maximum absolute atomic E-state index is 13.6. The van der Waals surface area contributed by atoms with Gasteiger partial charge in [-0.2, -0.15) is 10.4 Å². The fourth-order valence-electron chi connectivity index (χ4n) is 1.50. The Morgan fingerprint density at radius 1 is 1.53 bits per heavy atom. The first-order chi connectivity index (χ1) is 8.24. The molecule has 0 saturated heterocycles. The lowest BCUT2D eigenvalue weighted by molar-refractivity contribution is 0.112. The summed E-state index contributed by atoms with van der Waals surface area (Å²) in [6.45, 7) is 0.106. The third-order valence-electron chi connectivity index (χ3n) is 2.30. The second-order valence-electron chi connectivity index (χ2n) is 3.44. The minimum Gasteiger partial charge on any atom is -0.298 e. The lowest BCUT2D eigenvalue weighted by Gasteiger charge is -2.00. The number of rotatable bonds is 3. The predicted molar refractivity (Wildman–Crippen MR) is 58.6 cm³/mol. The van der Waals surface area contributed by atoms with Gasteiger partial charge in [-0.3, -0.25) is 9.48 Å². The molecule has 0 fully saturated rings. The maximum Gasteiger partial charge on any atom is 0.150 e. The number of carbonyl (C=O) groups is 1. The molecule has 0 radical (unpaired) electrons. The van der Waals surface area contributed by atoms with Crippen LogP contribution in [0.4, 0.5) is 4.39 Å². The topological polar surface area (TPSA) is 58.7 Å². The van der Waals surface area contributed by atoms with Gasteiger partial charge in [0.05, 0.1) is 12.3 Å². The Kier molecular flexibility index (Phi) is 2.97. The lowest BCUT2D eigenvalue weighted by atomic mass is 10.1. The highest BCUT2D eigenvalue weighted by atomic mass is 19.1. The van der Waals surface area contributed by atoms with Crippen molar-refractivity contribution < 1.29 is 9.18 Å². The summed E-state index contributed by atoms with van der Waals surface area (Å²) in [6.07, 6.45) is 3.68. The van der Waals surface area contributed by atoms with E-state index >= 15 is 0 Å². The zero-order valence-corrected chi connectivity index (χ0v) is 8.80. The van der Waals surface area contributed by atoms with Crippen LogP contribution in [0.25, 0.3) is 11.1 Å².